The zero-order valence-corrected chi connectivity index (χ0v) is 13.5. The fourth-order valence-corrected chi connectivity index (χ4v) is 1.97. The Morgan fingerprint density at radius 2 is 1.96 bits per heavy atom. The highest BCUT2D eigenvalue weighted by atomic mass is 16.7. The highest BCUT2D eigenvalue weighted by Gasteiger charge is 2.15. The van der Waals surface area contributed by atoms with Gasteiger partial charge >= 0.3 is 0 Å². The fraction of sp³-hybridized carbons (Fsp3) is 0.235. The molecule has 0 bridgehead atoms. The van der Waals surface area contributed by atoms with Crippen LogP contribution in [-0.2, 0) is 4.84 Å². The van der Waals surface area contributed by atoms with Crippen LogP contribution in [0.1, 0.15) is 15.9 Å². The summed E-state index contributed by atoms with van der Waals surface area (Å²) >= 11 is 0. The van der Waals surface area contributed by atoms with Crippen molar-refractivity contribution >= 4 is 11.6 Å². The number of hydrogen-bond donors (Lipinski definition) is 2. The van der Waals surface area contributed by atoms with Crippen LogP contribution >= 0.6 is 0 Å². The van der Waals surface area contributed by atoms with Crippen LogP contribution in [0.15, 0.2) is 48.5 Å². The largest absolute Gasteiger partial charge is 0.491 e. The number of nitrogens with zero attached hydrogens (tertiary/aromatic N) is 1. The maximum absolute atomic E-state index is 11.9. The summed E-state index contributed by atoms with van der Waals surface area (Å²) in [5.74, 6) is -0.0307. The van der Waals surface area contributed by atoms with Gasteiger partial charge in [-0.1, -0.05) is 24.3 Å². The summed E-state index contributed by atoms with van der Waals surface area (Å²) in [6.45, 7) is 1.39. The van der Waals surface area contributed by atoms with Gasteiger partial charge in [-0.25, -0.2) is 5.48 Å². The molecule has 0 radical (unpaired) electrons. The van der Waals surface area contributed by atoms with E-state index >= 15 is 0 Å². The summed E-state index contributed by atoms with van der Waals surface area (Å²) in [5, 5.41) is 20.6. The van der Waals surface area contributed by atoms with Crippen LogP contribution in [0.3, 0.4) is 0 Å². The number of nitrogens with one attached hydrogen (secondary N) is 1. The number of carbonyl (C=O) groups is 1. The van der Waals surface area contributed by atoms with E-state index in [1.165, 1.54) is 18.2 Å². The maximum Gasteiger partial charge on any atom is 0.275 e. The molecule has 0 spiro atoms. The Bertz CT molecular complexity index is 735. The number of hydrogen-bond acceptors (Lipinski definition) is 6. The van der Waals surface area contributed by atoms with Crippen molar-refractivity contribution in [1.29, 1.82) is 0 Å². The van der Waals surface area contributed by atoms with Gasteiger partial charge in [0.25, 0.3) is 11.6 Å². The molecule has 0 heterocycles. The minimum atomic E-state index is -0.951. The first-order valence-electron chi connectivity index (χ1n) is 7.50. The Morgan fingerprint density at radius 1 is 1.24 bits per heavy atom. The smallest absolute Gasteiger partial charge is 0.275 e. The number of para-hydroxylation sites is 1. The normalized spacial score (nSPS) is 11.6. The van der Waals surface area contributed by atoms with Gasteiger partial charge in [-0.05, 0) is 25.1 Å². The molecule has 0 saturated carbocycles. The molecule has 8 heteroatoms. The van der Waals surface area contributed by atoms with Crippen molar-refractivity contribution < 1.29 is 24.4 Å². The highest BCUT2D eigenvalue weighted by Crippen LogP contribution is 2.19. The molecule has 2 N–H and O–H groups in total. The van der Waals surface area contributed by atoms with Gasteiger partial charge in [0.15, 0.2) is 0 Å². The second-order valence-electron chi connectivity index (χ2n) is 5.28. The van der Waals surface area contributed by atoms with E-state index in [1.54, 1.807) is 31.2 Å². The summed E-state index contributed by atoms with van der Waals surface area (Å²) in [6.07, 6.45) is -0.951. The van der Waals surface area contributed by atoms with Crippen LogP contribution in [0, 0.1) is 17.0 Å². The predicted molar refractivity (Wildman–Crippen MR) is 89.2 cm³/mol. The number of ether oxygens (including phenoxy) is 1. The summed E-state index contributed by atoms with van der Waals surface area (Å²) < 4.78 is 5.35. The zero-order valence-electron chi connectivity index (χ0n) is 13.5. The van der Waals surface area contributed by atoms with Crippen LogP contribution in [0.4, 0.5) is 5.69 Å². The summed E-state index contributed by atoms with van der Waals surface area (Å²) in [4.78, 5) is 27.2. The highest BCUT2D eigenvalue weighted by molar-refractivity contribution is 5.94. The van der Waals surface area contributed by atoms with Gasteiger partial charge in [-0.15, -0.1) is 0 Å². The molecule has 0 saturated heterocycles. The molecule has 0 fully saturated rings. The number of hydroxylamine groups is 1. The Labute approximate surface area is 144 Å². The summed E-state index contributed by atoms with van der Waals surface area (Å²) in [6, 6.07) is 13.1. The predicted octanol–water partition coefficient (Wildman–Crippen LogP) is 2.00. The average Bonchev–Trinajstić information content (AvgIpc) is 2.61. The van der Waals surface area contributed by atoms with Gasteiger partial charge in [0.05, 0.1) is 4.92 Å². The molecule has 25 heavy (non-hydrogen) atoms. The number of rotatable bonds is 8. The Morgan fingerprint density at radius 3 is 2.64 bits per heavy atom. The van der Waals surface area contributed by atoms with E-state index in [9.17, 15) is 20.0 Å². The van der Waals surface area contributed by atoms with E-state index in [1.807, 2.05) is 6.07 Å². The van der Waals surface area contributed by atoms with Crippen LogP contribution in [-0.4, -0.2) is 35.3 Å². The fourth-order valence-electron chi connectivity index (χ4n) is 1.97. The average molecular weight is 346 g/mol. The maximum atomic E-state index is 11.9. The second-order valence-corrected chi connectivity index (χ2v) is 5.28. The van der Waals surface area contributed by atoms with Crippen LogP contribution in [0.2, 0.25) is 0 Å². The van der Waals surface area contributed by atoms with Crippen molar-refractivity contribution in [2.75, 3.05) is 13.2 Å². The molecule has 132 valence electrons. The number of benzene rings is 2. The van der Waals surface area contributed by atoms with E-state index < -0.39 is 16.9 Å². The lowest BCUT2D eigenvalue weighted by molar-refractivity contribution is -0.385. The van der Waals surface area contributed by atoms with Crippen molar-refractivity contribution in [3.63, 3.8) is 0 Å². The topological polar surface area (TPSA) is 111 Å². The SMILES string of the molecule is Cc1ccc(C(=O)NOC[C@@H](O)COc2ccccc2)cc1[N+](=O)[O-]. The van der Waals surface area contributed by atoms with Gasteiger partial charge in [-0.3, -0.25) is 19.7 Å². The molecule has 2 aromatic carbocycles. The molecule has 8 nitrogen and oxygen atoms in total. The Hall–Kier alpha value is -2.97. The third kappa shape index (κ3) is 5.55. The number of aryl methyl sites for hydroxylation is 1. The molecule has 0 aliphatic rings. The van der Waals surface area contributed by atoms with E-state index in [0.717, 1.165) is 0 Å². The first kappa shape index (κ1) is 18.4. The first-order valence-corrected chi connectivity index (χ1v) is 7.50. The summed E-state index contributed by atoms with van der Waals surface area (Å²) in [7, 11) is 0. The molecule has 0 unspecified atom stereocenters. The molecule has 1 atom stereocenters. The molecule has 1 amide bonds. The van der Waals surface area contributed by atoms with Gasteiger partial charge in [0, 0.05) is 17.2 Å². The Balaban J connectivity index is 1.78. The number of nitro groups is 1. The minimum Gasteiger partial charge on any atom is -0.491 e. The summed E-state index contributed by atoms with van der Waals surface area (Å²) in [5.41, 5.74) is 2.53. The van der Waals surface area contributed by atoms with Crippen molar-refractivity contribution in [2.24, 2.45) is 0 Å². The molecule has 0 aromatic heterocycles. The molecular weight excluding hydrogens is 328 g/mol. The minimum absolute atomic E-state index is 0.00408. The van der Waals surface area contributed by atoms with E-state index in [4.69, 9.17) is 9.57 Å². The number of nitro benzene ring substituents is 1. The van der Waals surface area contributed by atoms with Gasteiger partial charge in [0.1, 0.15) is 25.1 Å². The van der Waals surface area contributed by atoms with Gasteiger partial charge in [-0.2, -0.15) is 0 Å². The van der Waals surface area contributed by atoms with E-state index in [0.29, 0.717) is 11.3 Å². The molecule has 2 aromatic rings. The lowest BCUT2D eigenvalue weighted by Crippen LogP contribution is -2.31. The van der Waals surface area contributed by atoms with Crippen molar-refractivity contribution in [1.82, 2.24) is 5.48 Å². The number of carbonyl (C=O) groups excluding carboxylic acids is 1. The van der Waals surface area contributed by atoms with Crippen LogP contribution in [0.5, 0.6) is 5.75 Å². The number of aliphatic hydroxyl groups is 1. The first-order chi connectivity index (χ1) is 12.0. The van der Waals surface area contributed by atoms with Crippen molar-refractivity contribution in [2.45, 2.75) is 13.0 Å². The lowest BCUT2D eigenvalue weighted by Gasteiger charge is -2.13. The molecular formula is C17H18N2O6. The number of aliphatic hydroxyl groups excluding tert-OH is 1. The second kappa shape index (κ2) is 8.76. The van der Waals surface area contributed by atoms with Gasteiger partial charge < -0.3 is 9.84 Å². The van der Waals surface area contributed by atoms with Crippen LogP contribution < -0.4 is 10.2 Å². The zero-order chi connectivity index (χ0) is 18.2. The Kier molecular flexibility index (Phi) is 6.44. The van der Waals surface area contributed by atoms with Gasteiger partial charge in [0.2, 0.25) is 0 Å². The third-order valence-corrected chi connectivity index (χ3v) is 3.29. The standard InChI is InChI=1S/C17H18N2O6/c1-12-7-8-13(9-16(12)19(22)23)17(21)18-25-11-14(20)10-24-15-5-3-2-4-6-15/h2-9,14,20H,10-11H2,1H3,(H,18,21)/t14-/m0/s1. The molecule has 2 rings (SSSR count). The third-order valence-electron chi connectivity index (χ3n) is 3.29. The quantitative estimate of drug-likeness (QED) is 0.559. The lowest BCUT2D eigenvalue weighted by atomic mass is 10.1. The number of amides is 1. The van der Waals surface area contributed by atoms with Crippen LogP contribution in [0.25, 0.3) is 0 Å². The van der Waals surface area contributed by atoms with E-state index in [-0.39, 0.29) is 24.5 Å². The van der Waals surface area contributed by atoms with E-state index in [2.05, 4.69) is 5.48 Å². The monoisotopic (exact) mass is 346 g/mol. The molecule has 0 aliphatic heterocycles. The molecule has 0 aliphatic carbocycles. The van der Waals surface area contributed by atoms with Crippen molar-refractivity contribution in [3.05, 3.63) is 69.8 Å². The van der Waals surface area contributed by atoms with Crippen molar-refractivity contribution in [3.8, 4) is 5.75 Å².